The Morgan fingerprint density at radius 1 is 1.11 bits per heavy atom. The van der Waals surface area contributed by atoms with Crippen LogP contribution in [0.25, 0.3) is 16.7 Å². The molecule has 3 aromatic rings. The maximum atomic E-state index is 11.3. The molecule has 2 aromatic carbocycles. The summed E-state index contributed by atoms with van der Waals surface area (Å²) < 4.78 is 1.76. The molecule has 88 valence electrons. The number of Topliss-reactive ketones (excluding diaryl/α,β-unsaturated/α-hetero) is 1. The van der Waals surface area contributed by atoms with E-state index in [0.717, 1.165) is 16.7 Å². The number of rotatable bonds is 2. The van der Waals surface area contributed by atoms with Crippen LogP contribution in [0, 0.1) is 0 Å². The molecule has 0 saturated heterocycles. The highest BCUT2D eigenvalue weighted by atomic mass is 16.1. The number of carbonyl (C=O) groups excluding carboxylic acids is 1. The predicted molar refractivity (Wildman–Crippen MR) is 68.9 cm³/mol. The Labute approximate surface area is 104 Å². The summed E-state index contributed by atoms with van der Waals surface area (Å²) in [4.78, 5) is 11.3. The standard InChI is InChI=1S/C14H11N3O/c1-10(18)11-7-8-14-13(9-11)15-16-17(14)12-5-3-2-4-6-12/h2-9H,1H3. The molecule has 0 radical (unpaired) electrons. The van der Waals surface area contributed by atoms with Gasteiger partial charge in [-0.1, -0.05) is 23.4 Å². The molecule has 0 spiro atoms. The maximum Gasteiger partial charge on any atom is 0.159 e. The van der Waals surface area contributed by atoms with E-state index in [4.69, 9.17) is 0 Å². The van der Waals surface area contributed by atoms with Crippen LogP contribution in [0.5, 0.6) is 0 Å². The van der Waals surface area contributed by atoms with Crippen molar-refractivity contribution in [2.75, 3.05) is 0 Å². The van der Waals surface area contributed by atoms with Gasteiger partial charge in [-0.05, 0) is 37.3 Å². The first-order chi connectivity index (χ1) is 8.75. The van der Waals surface area contributed by atoms with Crippen molar-refractivity contribution in [2.24, 2.45) is 0 Å². The van der Waals surface area contributed by atoms with Gasteiger partial charge in [0.15, 0.2) is 5.78 Å². The summed E-state index contributed by atoms with van der Waals surface area (Å²) in [6.45, 7) is 1.54. The van der Waals surface area contributed by atoms with E-state index in [1.807, 2.05) is 36.4 Å². The third kappa shape index (κ3) is 1.68. The van der Waals surface area contributed by atoms with Crippen molar-refractivity contribution in [1.29, 1.82) is 0 Å². The Hall–Kier alpha value is -2.49. The fourth-order valence-corrected chi connectivity index (χ4v) is 1.90. The van der Waals surface area contributed by atoms with E-state index >= 15 is 0 Å². The number of hydrogen-bond acceptors (Lipinski definition) is 3. The Kier molecular flexibility index (Phi) is 2.41. The van der Waals surface area contributed by atoms with Crippen LogP contribution in [-0.2, 0) is 0 Å². The average Bonchev–Trinajstić information content (AvgIpc) is 2.82. The summed E-state index contributed by atoms with van der Waals surface area (Å²) in [7, 11) is 0. The van der Waals surface area contributed by atoms with Crippen molar-refractivity contribution < 1.29 is 4.79 Å². The van der Waals surface area contributed by atoms with E-state index in [9.17, 15) is 4.79 Å². The van der Waals surface area contributed by atoms with E-state index in [0.29, 0.717) is 5.56 Å². The summed E-state index contributed by atoms with van der Waals surface area (Å²) in [5.74, 6) is 0.0335. The number of benzene rings is 2. The zero-order valence-corrected chi connectivity index (χ0v) is 9.87. The molecule has 1 heterocycles. The zero-order valence-electron chi connectivity index (χ0n) is 9.87. The Bertz CT molecular complexity index is 716. The molecular weight excluding hydrogens is 226 g/mol. The molecule has 4 nitrogen and oxygen atoms in total. The van der Waals surface area contributed by atoms with Crippen molar-refractivity contribution >= 4 is 16.8 Å². The molecule has 0 N–H and O–H groups in total. The fourth-order valence-electron chi connectivity index (χ4n) is 1.90. The van der Waals surface area contributed by atoms with Gasteiger partial charge >= 0.3 is 0 Å². The van der Waals surface area contributed by atoms with Gasteiger partial charge in [0.2, 0.25) is 0 Å². The van der Waals surface area contributed by atoms with Crippen molar-refractivity contribution in [3.05, 3.63) is 54.1 Å². The summed E-state index contributed by atoms with van der Waals surface area (Å²) in [6, 6.07) is 15.2. The Balaban J connectivity index is 2.19. The van der Waals surface area contributed by atoms with Crippen molar-refractivity contribution in [2.45, 2.75) is 6.92 Å². The van der Waals surface area contributed by atoms with E-state index < -0.39 is 0 Å². The lowest BCUT2D eigenvalue weighted by molar-refractivity contribution is 0.101. The molecule has 0 saturated carbocycles. The molecule has 0 amide bonds. The van der Waals surface area contributed by atoms with Gasteiger partial charge in [0.05, 0.1) is 11.2 Å². The second-order valence-corrected chi connectivity index (χ2v) is 4.10. The molecule has 0 atom stereocenters. The van der Waals surface area contributed by atoms with Crippen molar-refractivity contribution in [3.63, 3.8) is 0 Å². The number of aromatic nitrogens is 3. The molecule has 4 heteroatoms. The molecule has 0 fully saturated rings. The van der Waals surface area contributed by atoms with E-state index in [-0.39, 0.29) is 5.78 Å². The molecule has 0 aliphatic heterocycles. The van der Waals surface area contributed by atoms with Crippen LogP contribution in [0.2, 0.25) is 0 Å². The van der Waals surface area contributed by atoms with Crippen LogP contribution in [0.4, 0.5) is 0 Å². The third-order valence-corrected chi connectivity index (χ3v) is 2.85. The minimum Gasteiger partial charge on any atom is -0.295 e. The van der Waals surface area contributed by atoms with Gasteiger partial charge in [-0.2, -0.15) is 0 Å². The first-order valence-electron chi connectivity index (χ1n) is 5.67. The lowest BCUT2D eigenvalue weighted by Gasteiger charge is -2.01. The van der Waals surface area contributed by atoms with Gasteiger partial charge in [0.25, 0.3) is 0 Å². The Morgan fingerprint density at radius 2 is 1.89 bits per heavy atom. The first kappa shape index (κ1) is 10.7. The van der Waals surface area contributed by atoms with Crippen molar-refractivity contribution in [3.8, 4) is 5.69 Å². The lowest BCUT2D eigenvalue weighted by atomic mass is 10.1. The summed E-state index contributed by atoms with van der Waals surface area (Å²) >= 11 is 0. The second-order valence-electron chi connectivity index (χ2n) is 4.10. The van der Waals surface area contributed by atoms with E-state index in [1.165, 1.54) is 0 Å². The maximum absolute atomic E-state index is 11.3. The summed E-state index contributed by atoms with van der Waals surface area (Å²) in [5.41, 5.74) is 3.23. The van der Waals surface area contributed by atoms with Gasteiger partial charge in [-0.3, -0.25) is 4.79 Å². The predicted octanol–water partition coefficient (Wildman–Crippen LogP) is 2.62. The molecule has 0 aliphatic carbocycles. The van der Waals surface area contributed by atoms with Gasteiger partial charge < -0.3 is 0 Å². The van der Waals surface area contributed by atoms with Crippen LogP contribution in [0.3, 0.4) is 0 Å². The van der Waals surface area contributed by atoms with Gasteiger partial charge in [0, 0.05) is 5.56 Å². The van der Waals surface area contributed by atoms with Crippen LogP contribution in [-0.4, -0.2) is 20.8 Å². The third-order valence-electron chi connectivity index (χ3n) is 2.85. The quantitative estimate of drug-likeness (QED) is 0.644. The molecule has 3 rings (SSSR count). The number of para-hydroxylation sites is 1. The number of carbonyl (C=O) groups is 1. The van der Waals surface area contributed by atoms with Gasteiger partial charge in [-0.25, -0.2) is 4.68 Å². The van der Waals surface area contributed by atoms with Gasteiger partial charge in [0.1, 0.15) is 5.52 Å². The van der Waals surface area contributed by atoms with Gasteiger partial charge in [-0.15, -0.1) is 5.10 Å². The molecule has 0 aliphatic rings. The monoisotopic (exact) mass is 237 g/mol. The SMILES string of the molecule is CC(=O)c1ccc2c(c1)nnn2-c1ccccc1. The van der Waals surface area contributed by atoms with Crippen molar-refractivity contribution in [1.82, 2.24) is 15.0 Å². The molecular formula is C14H11N3O. The summed E-state index contributed by atoms with van der Waals surface area (Å²) in [5, 5.41) is 8.22. The average molecular weight is 237 g/mol. The highest BCUT2D eigenvalue weighted by Gasteiger charge is 2.08. The number of nitrogens with zero attached hydrogens (tertiary/aromatic N) is 3. The highest BCUT2D eigenvalue weighted by Crippen LogP contribution is 2.17. The zero-order chi connectivity index (χ0) is 12.5. The fraction of sp³-hybridized carbons (Fsp3) is 0.0714. The molecule has 0 unspecified atom stereocenters. The first-order valence-corrected chi connectivity index (χ1v) is 5.67. The highest BCUT2D eigenvalue weighted by molar-refractivity contribution is 5.97. The van der Waals surface area contributed by atoms with Crippen LogP contribution in [0.15, 0.2) is 48.5 Å². The summed E-state index contributed by atoms with van der Waals surface area (Å²) in [6.07, 6.45) is 0. The van der Waals surface area contributed by atoms with Crippen LogP contribution < -0.4 is 0 Å². The number of hydrogen-bond donors (Lipinski definition) is 0. The minimum absolute atomic E-state index is 0.0335. The lowest BCUT2D eigenvalue weighted by Crippen LogP contribution is -1.96. The smallest absolute Gasteiger partial charge is 0.159 e. The second kappa shape index (κ2) is 4.07. The van der Waals surface area contributed by atoms with Crippen LogP contribution >= 0.6 is 0 Å². The molecule has 0 bridgehead atoms. The van der Waals surface area contributed by atoms with Crippen LogP contribution in [0.1, 0.15) is 17.3 Å². The molecule has 1 aromatic heterocycles. The van der Waals surface area contributed by atoms with E-state index in [2.05, 4.69) is 10.3 Å². The Morgan fingerprint density at radius 3 is 2.61 bits per heavy atom. The normalized spacial score (nSPS) is 10.7. The topological polar surface area (TPSA) is 47.8 Å². The largest absolute Gasteiger partial charge is 0.295 e. The number of fused-ring (bicyclic) bond motifs is 1. The minimum atomic E-state index is 0.0335. The number of ketones is 1. The molecule has 18 heavy (non-hydrogen) atoms. The van der Waals surface area contributed by atoms with E-state index in [1.54, 1.807) is 23.7 Å².